The van der Waals surface area contributed by atoms with E-state index in [1.165, 1.54) is 7.05 Å². The van der Waals surface area contributed by atoms with E-state index in [0.29, 0.717) is 34.9 Å². The molecular weight excluding hydrogens is 468 g/mol. The molecule has 5 heterocycles. The van der Waals surface area contributed by atoms with Crippen LogP contribution in [0.1, 0.15) is 16.6 Å². The summed E-state index contributed by atoms with van der Waals surface area (Å²) in [5.74, 6) is 0.567. The number of aryl methyl sites for hydroxylation is 1. The minimum atomic E-state index is -1.23. The number of aliphatic hydroxyl groups is 2. The Bertz CT molecular complexity index is 1370. The number of aliphatic hydroxyl groups excluding tert-OH is 2. The van der Waals surface area contributed by atoms with Crippen molar-refractivity contribution in [3.8, 4) is 11.4 Å². The van der Waals surface area contributed by atoms with Gasteiger partial charge >= 0.3 is 0 Å². The predicted molar refractivity (Wildman–Crippen MR) is 131 cm³/mol. The minimum Gasteiger partial charge on any atom is -0.389 e. The number of aromatic nitrogens is 6. The van der Waals surface area contributed by atoms with Crippen LogP contribution >= 0.6 is 11.8 Å². The van der Waals surface area contributed by atoms with Crippen molar-refractivity contribution in [1.29, 1.82) is 0 Å². The van der Waals surface area contributed by atoms with Gasteiger partial charge in [0.1, 0.15) is 22.8 Å². The van der Waals surface area contributed by atoms with Crippen LogP contribution in [0.3, 0.4) is 0 Å². The molecule has 1 aliphatic rings. The first kappa shape index (κ1) is 23.1. The summed E-state index contributed by atoms with van der Waals surface area (Å²) in [5, 5.41) is 25.6. The van der Waals surface area contributed by atoms with E-state index in [2.05, 4.69) is 25.6 Å². The van der Waals surface area contributed by atoms with E-state index < -0.39 is 22.8 Å². The molecule has 0 aliphatic carbocycles. The molecule has 0 unspecified atom stereocenters. The summed E-state index contributed by atoms with van der Waals surface area (Å²) in [6.07, 6.45) is 4.21. The number of nitrogens with zero attached hydrogens (tertiary/aromatic N) is 6. The van der Waals surface area contributed by atoms with E-state index >= 15 is 0 Å². The van der Waals surface area contributed by atoms with Gasteiger partial charge in [0.15, 0.2) is 22.8 Å². The lowest BCUT2D eigenvalue weighted by atomic mass is 10.1. The molecule has 1 fully saturated rings. The van der Waals surface area contributed by atoms with Gasteiger partial charge in [-0.2, -0.15) is 0 Å². The molecule has 35 heavy (non-hydrogen) atoms. The van der Waals surface area contributed by atoms with Gasteiger partial charge < -0.3 is 20.8 Å². The Labute approximate surface area is 205 Å². The fraction of sp³-hybridized carbons (Fsp3) is 0.304. The molecule has 1 saturated heterocycles. The second-order valence-electron chi connectivity index (χ2n) is 8.18. The summed E-state index contributed by atoms with van der Waals surface area (Å²) in [4.78, 5) is 34.7. The summed E-state index contributed by atoms with van der Waals surface area (Å²) in [7, 11) is 1.50. The highest BCUT2D eigenvalue weighted by Crippen LogP contribution is 2.43. The van der Waals surface area contributed by atoms with Gasteiger partial charge in [-0.25, -0.2) is 15.0 Å². The average Bonchev–Trinajstić information content (AvgIpc) is 3.43. The molecular formula is C23H24N8O3S. The van der Waals surface area contributed by atoms with Gasteiger partial charge in [0.25, 0.3) is 0 Å². The summed E-state index contributed by atoms with van der Waals surface area (Å²) in [6, 6.07) is 7.56. The van der Waals surface area contributed by atoms with E-state index in [-0.39, 0.29) is 5.91 Å². The Kier molecular flexibility index (Phi) is 6.32. The quantitative estimate of drug-likeness (QED) is 0.310. The van der Waals surface area contributed by atoms with Gasteiger partial charge in [-0.3, -0.25) is 19.3 Å². The van der Waals surface area contributed by atoms with Crippen LogP contribution < -0.4 is 10.6 Å². The molecule has 11 nitrogen and oxygen atoms in total. The van der Waals surface area contributed by atoms with Gasteiger partial charge in [-0.1, -0.05) is 0 Å². The summed E-state index contributed by atoms with van der Waals surface area (Å²) >= 11 is 1.16. The van der Waals surface area contributed by atoms with Crippen molar-refractivity contribution in [1.82, 2.24) is 34.8 Å². The van der Waals surface area contributed by atoms with Crippen molar-refractivity contribution in [2.75, 3.05) is 12.4 Å². The molecule has 1 amide bonds. The molecule has 4 atom stereocenters. The van der Waals surface area contributed by atoms with Gasteiger partial charge in [0, 0.05) is 31.2 Å². The number of amides is 1. The van der Waals surface area contributed by atoms with E-state index in [1.807, 2.05) is 25.1 Å². The Hall–Kier alpha value is -3.61. The lowest BCUT2D eigenvalue weighted by molar-refractivity contribution is -0.122. The third-order valence-corrected chi connectivity index (χ3v) is 7.34. The van der Waals surface area contributed by atoms with Gasteiger partial charge in [0.2, 0.25) is 5.91 Å². The Morgan fingerprint density at radius 1 is 1.17 bits per heavy atom. The SMILES string of the molecule is CNC(=O)[C@H]1S[C@@H](n2cnc3c(NCc4cc(C)ccn4)nc(-c4cccnc4)nc32)[C@H](O)[C@@H]1O. The normalized spacial score (nSPS) is 21.8. The molecule has 4 aromatic heterocycles. The van der Waals surface area contributed by atoms with Crippen molar-refractivity contribution >= 4 is 34.7 Å². The lowest BCUT2D eigenvalue weighted by Crippen LogP contribution is -2.39. The number of rotatable bonds is 6. The first-order valence-electron chi connectivity index (χ1n) is 11.0. The number of anilines is 1. The third kappa shape index (κ3) is 4.43. The van der Waals surface area contributed by atoms with E-state index in [1.54, 1.807) is 35.6 Å². The van der Waals surface area contributed by atoms with Crippen LogP contribution in [0.15, 0.2) is 49.2 Å². The van der Waals surface area contributed by atoms with E-state index in [9.17, 15) is 15.0 Å². The number of carbonyl (C=O) groups is 1. The fourth-order valence-corrected chi connectivity index (χ4v) is 5.44. The van der Waals surface area contributed by atoms with Crippen molar-refractivity contribution in [2.24, 2.45) is 0 Å². The van der Waals surface area contributed by atoms with Crippen LogP contribution in [0.4, 0.5) is 5.82 Å². The Morgan fingerprint density at radius 3 is 2.77 bits per heavy atom. The average molecular weight is 493 g/mol. The third-order valence-electron chi connectivity index (χ3n) is 5.77. The number of carbonyl (C=O) groups excluding carboxylic acids is 1. The highest BCUT2D eigenvalue weighted by atomic mass is 32.2. The molecule has 0 aromatic carbocycles. The maximum atomic E-state index is 12.2. The highest BCUT2D eigenvalue weighted by Gasteiger charge is 2.47. The van der Waals surface area contributed by atoms with Crippen molar-refractivity contribution in [2.45, 2.75) is 36.3 Å². The van der Waals surface area contributed by atoms with Crippen molar-refractivity contribution in [3.63, 3.8) is 0 Å². The second-order valence-corrected chi connectivity index (χ2v) is 9.45. The number of fused-ring (bicyclic) bond motifs is 1. The largest absolute Gasteiger partial charge is 0.389 e. The van der Waals surface area contributed by atoms with Crippen LogP contribution in [-0.4, -0.2) is 70.1 Å². The van der Waals surface area contributed by atoms with Crippen LogP contribution in [0.5, 0.6) is 0 Å². The molecule has 4 N–H and O–H groups in total. The second kappa shape index (κ2) is 9.56. The summed E-state index contributed by atoms with van der Waals surface area (Å²) < 4.78 is 1.68. The van der Waals surface area contributed by atoms with E-state index in [4.69, 9.17) is 9.97 Å². The monoisotopic (exact) mass is 492 g/mol. The first-order valence-corrected chi connectivity index (χ1v) is 11.9. The maximum absolute atomic E-state index is 12.2. The number of hydrogen-bond donors (Lipinski definition) is 4. The molecule has 1 aliphatic heterocycles. The van der Waals surface area contributed by atoms with Gasteiger partial charge in [-0.05, 0) is 36.8 Å². The zero-order valence-electron chi connectivity index (χ0n) is 19.0. The van der Waals surface area contributed by atoms with Crippen LogP contribution in [0.2, 0.25) is 0 Å². The molecule has 0 radical (unpaired) electrons. The molecule has 4 aromatic rings. The first-order chi connectivity index (χ1) is 17.0. The molecule has 5 rings (SSSR count). The Morgan fingerprint density at radius 2 is 2.03 bits per heavy atom. The van der Waals surface area contributed by atoms with E-state index in [0.717, 1.165) is 23.0 Å². The predicted octanol–water partition coefficient (Wildman–Crippen LogP) is 1.29. The number of hydrogen-bond acceptors (Lipinski definition) is 10. The molecule has 180 valence electrons. The van der Waals surface area contributed by atoms with Crippen LogP contribution in [0.25, 0.3) is 22.6 Å². The smallest absolute Gasteiger partial charge is 0.235 e. The van der Waals surface area contributed by atoms with Crippen LogP contribution in [-0.2, 0) is 11.3 Å². The van der Waals surface area contributed by atoms with Crippen molar-refractivity contribution < 1.29 is 15.0 Å². The lowest BCUT2D eigenvalue weighted by Gasteiger charge is -2.17. The molecule has 0 saturated carbocycles. The highest BCUT2D eigenvalue weighted by molar-refractivity contribution is 8.01. The summed E-state index contributed by atoms with van der Waals surface area (Å²) in [5.41, 5.74) is 3.61. The fourth-order valence-electron chi connectivity index (χ4n) is 3.97. The minimum absolute atomic E-state index is 0.354. The number of thioether (sulfide) groups is 1. The Balaban J connectivity index is 1.57. The molecule has 0 spiro atoms. The van der Waals surface area contributed by atoms with Gasteiger partial charge in [0.05, 0.1) is 18.6 Å². The topological polar surface area (TPSA) is 151 Å². The van der Waals surface area contributed by atoms with Crippen LogP contribution in [0, 0.1) is 6.92 Å². The summed E-state index contributed by atoms with van der Waals surface area (Å²) in [6.45, 7) is 2.42. The standard InChI is InChI=1S/C23H24N8O3S/c1-12-5-7-26-14(8-12)10-27-20-15-21(30-19(29-20)13-4-3-6-25-9-13)31(11-28-15)23-17(33)16(32)18(35-23)22(34)24-2/h3-9,11,16-18,23,32-33H,10H2,1-2H3,(H,24,34)(H,27,29,30)/t16-,17+,18-,23+/m0/s1. The van der Waals surface area contributed by atoms with Crippen molar-refractivity contribution in [3.05, 3.63) is 60.4 Å². The van der Waals surface area contributed by atoms with Gasteiger partial charge in [-0.15, -0.1) is 11.8 Å². The zero-order chi connectivity index (χ0) is 24.5. The maximum Gasteiger partial charge on any atom is 0.235 e. The number of pyridine rings is 2. The number of imidazole rings is 1. The molecule has 0 bridgehead atoms. The zero-order valence-corrected chi connectivity index (χ0v) is 19.8. The number of nitrogens with one attached hydrogen (secondary N) is 2. The molecule has 12 heteroatoms.